The fourth-order valence-corrected chi connectivity index (χ4v) is 5.37. The lowest BCUT2D eigenvalue weighted by molar-refractivity contribution is 0.0951. The molecule has 3 aromatic carbocycles. The second-order valence-corrected chi connectivity index (χ2v) is 9.92. The van der Waals surface area contributed by atoms with Crippen LogP contribution >= 0.6 is 15.9 Å². The number of hydrogen-bond donors (Lipinski definition) is 1. The van der Waals surface area contributed by atoms with E-state index >= 15 is 0 Å². The third-order valence-corrected chi connectivity index (χ3v) is 7.47. The molecule has 1 aliphatic rings. The lowest BCUT2D eigenvalue weighted by Gasteiger charge is -2.30. The highest BCUT2D eigenvalue weighted by molar-refractivity contribution is 9.10. The topological polar surface area (TPSA) is 66.5 Å². The van der Waals surface area contributed by atoms with Gasteiger partial charge in [-0.1, -0.05) is 46.3 Å². The molecule has 0 aromatic heterocycles. The van der Waals surface area contributed by atoms with E-state index in [1.807, 2.05) is 30.3 Å². The molecular formula is C23H21BrN2O3S. The molecule has 0 spiro atoms. The van der Waals surface area contributed by atoms with Crippen molar-refractivity contribution in [1.29, 1.82) is 0 Å². The number of rotatable bonds is 5. The molecular weight excluding hydrogens is 464 g/mol. The number of nitrogens with one attached hydrogen (secondary N) is 1. The van der Waals surface area contributed by atoms with Gasteiger partial charge in [0, 0.05) is 23.1 Å². The van der Waals surface area contributed by atoms with Crippen molar-refractivity contribution in [3.8, 4) is 0 Å². The number of carbonyl (C=O) groups excluding carboxylic acids is 1. The van der Waals surface area contributed by atoms with Crippen molar-refractivity contribution in [2.75, 3.05) is 10.8 Å². The van der Waals surface area contributed by atoms with E-state index in [2.05, 4.69) is 21.2 Å². The Morgan fingerprint density at radius 1 is 1.00 bits per heavy atom. The van der Waals surface area contributed by atoms with Gasteiger partial charge in [0.25, 0.3) is 15.9 Å². The number of aryl methyl sites for hydroxylation is 1. The van der Waals surface area contributed by atoms with Crippen molar-refractivity contribution in [1.82, 2.24) is 5.32 Å². The van der Waals surface area contributed by atoms with Gasteiger partial charge < -0.3 is 5.32 Å². The molecule has 154 valence electrons. The van der Waals surface area contributed by atoms with Gasteiger partial charge in [-0.15, -0.1) is 0 Å². The molecule has 0 radical (unpaired) electrons. The second-order valence-electron chi connectivity index (χ2n) is 7.15. The molecule has 4 rings (SSSR count). The summed E-state index contributed by atoms with van der Waals surface area (Å²) in [4.78, 5) is 12.8. The summed E-state index contributed by atoms with van der Waals surface area (Å²) < 4.78 is 28.6. The van der Waals surface area contributed by atoms with Gasteiger partial charge in [-0.25, -0.2) is 8.42 Å². The SMILES string of the molecule is O=C(NCc1ccccc1)c1ccc2c(c1)CCCN2S(=O)(=O)c1ccc(Br)cc1. The highest BCUT2D eigenvalue weighted by Crippen LogP contribution is 2.33. The van der Waals surface area contributed by atoms with Gasteiger partial charge in [0.15, 0.2) is 0 Å². The Morgan fingerprint density at radius 2 is 1.73 bits per heavy atom. The molecule has 1 amide bonds. The molecule has 5 nitrogen and oxygen atoms in total. The number of halogens is 1. The molecule has 0 bridgehead atoms. The summed E-state index contributed by atoms with van der Waals surface area (Å²) in [5.41, 5.74) is 3.07. The van der Waals surface area contributed by atoms with Crippen LogP contribution in [0.1, 0.15) is 27.9 Å². The second kappa shape index (κ2) is 8.62. The first-order valence-electron chi connectivity index (χ1n) is 9.68. The van der Waals surface area contributed by atoms with E-state index in [9.17, 15) is 13.2 Å². The van der Waals surface area contributed by atoms with E-state index in [0.29, 0.717) is 30.8 Å². The minimum Gasteiger partial charge on any atom is -0.348 e. The first-order chi connectivity index (χ1) is 14.4. The van der Waals surface area contributed by atoms with E-state index in [1.165, 1.54) is 4.31 Å². The number of fused-ring (bicyclic) bond motifs is 1. The minimum absolute atomic E-state index is 0.172. The predicted molar refractivity (Wildman–Crippen MR) is 121 cm³/mol. The zero-order valence-corrected chi connectivity index (χ0v) is 18.6. The van der Waals surface area contributed by atoms with Gasteiger partial charge in [-0.05, 0) is 66.4 Å². The molecule has 0 saturated carbocycles. The van der Waals surface area contributed by atoms with E-state index < -0.39 is 10.0 Å². The van der Waals surface area contributed by atoms with E-state index in [0.717, 1.165) is 22.0 Å². The van der Waals surface area contributed by atoms with E-state index in [-0.39, 0.29) is 10.8 Å². The van der Waals surface area contributed by atoms with Crippen molar-refractivity contribution in [3.05, 3.63) is 94.0 Å². The highest BCUT2D eigenvalue weighted by Gasteiger charge is 2.29. The first kappa shape index (κ1) is 20.6. The van der Waals surface area contributed by atoms with Crippen molar-refractivity contribution in [3.63, 3.8) is 0 Å². The number of carbonyl (C=O) groups is 1. The minimum atomic E-state index is -3.66. The molecule has 3 aromatic rings. The van der Waals surface area contributed by atoms with Crippen LogP contribution in [-0.2, 0) is 23.0 Å². The average molecular weight is 485 g/mol. The maximum atomic E-state index is 13.2. The fourth-order valence-electron chi connectivity index (χ4n) is 3.57. The summed E-state index contributed by atoms with van der Waals surface area (Å²) in [7, 11) is -3.66. The number of sulfonamides is 1. The summed E-state index contributed by atoms with van der Waals surface area (Å²) in [6.07, 6.45) is 1.44. The van der Waals surface area contributed by atoms with Gasteiger partial charge in [-0.3, -0.25) is 9.10 Å². The molecule has 1 aliphatic heterocycles. The third kappa shape index (κ3) is 4.27. The van der Waals surface area contributed by atoms with Crippen LogP contribution in [-0.4, -0.2) is 20.9 Å². The summed E-state index contributed by atoms with van der Waals surface area (Å²) in [5, 5.41) is 2.92. The highest BCUT2D eigenvalue weighted by atomic mass is 79.9. The summed E-state index contributed by atoms with van der Waals surface area (Å²) in [5.74, 6) is -0.172. The van der Waals surface area contributed by atoms with Crippen LogP contribution in [0.2, 0.25) is 0 Å². The molecule has 7 heteroatoms. The van der Waals surface area contributed by atoms with Crippen molar-refractivity contribution in [2.24, 2.45) is 0 Å². The number of nitrogens with zero attached hydrogens (tertiary/aromatic N) is 1. The van der Waals surface area contributed by atoms with Crippen LogP contribution in [0.4, 0.5) is 5.69 Å². The van der Waals surface area contributed by atoms with Crippen LogP contribution < -0.4 is 9.62 Å². The Hall–Kier alpha value is -2.64. The summed E-state index contributed by atoms with van der Waals surface area (Å²) in [6.45, 7) is 0.867. The standard InChI is InChI=1S/C23H21BrN2O3S/c24-20-9-11-21(12-10-20)30(28,29)26-14-4-7-18-15-19(8-13-22(18)26)23(27)25-16-17-5-2-1-3-6-17/h1-3,5-6,8-13,15H,4,7,14,16H2,(H,25,27). The van der Waals surface area contributed by atoms with Crippen LogP contribution in [0.5, 0.6) is 0 Å². The first-order valence-corrected chi connectivity index (χ1v) is 11.9. The van der Waals surface area contributed by atoms with Crippen molar-refractivity contribution < 1.29 is 13.2 Å². The van der Waals surface area contributed by atoms with Crippen LogP contribution in [0.25, 0.3) is 0 Å². The summed E-state index contributed by atoms with van der Waals surface area (Å²) in [6, 6.07) is 21.6. The number of amides is 1. The van der Waals surface area contributed by atoms with Gasteiger partial charge in [-0.2, -0.15) is 0 Å². The molecule has 0 aliphatic carbocycles. The zero-order chi connectivity index (χ0) is 21.1. The van der Waals surface area contributed by atoms with Crippen LogP contribution in [0.15, 0.2) is 82.2 Å². The van der Waals surface area contributed by atoms with Crippen LogP contribution in [0.3, 0.4) is 0 Å². The smallest absolute Gasteiger partial charge is 0.264 e. The fraction of sp³-hybridized carbons (Fsp3) is 0.174. The monoisotopic (exact) mass is 484 g/mol. The zero-order valence-electron chi connectivity index (χ0n) is 16.2. The molecule has 0 unspecified atom stereocenters. The van der Waals surface area contributed by atoms with Gasteiger partial charge >= 0.3 is 0 Å². The molecule has 30 heavy (non-hydrogen) atoms. The van der Waals surface area contributed by atoms with Crippen molar-refractivity contribution in [2.45, 2.75) is 24.3 Å². The summed E-state index contributed by atoms with van der Waals surface area (Å²) >= 11 is 3.34. The lowest BCUT2D eigenvalue weighted by atomic mass is 10.0. The molecule has 1 N–H and O–H groups in total. The quantitative estimate of drug-likeness (QED) is 0.578. The molecule has 0 atom stereocenters. The van der Waals surface area contributed by atoms with Crippen LogP contribution in [0, 0.1) is 0 Å². The average Bonchev–Trinajstić information content (AvgIpc) is 2.77. The molecule has 0 saturated heterocycles. The number of hydrogen-bond acceptors (Lipinski definition) is 3. The van der Waals surface area contributed by atoms with E-state index in [4.69, 9.17) is 0 Å². The Bertz CT molecular complexity index is 1160. The maximum absolute atomic E-state index is 13.2. The Kier molecular flexibility index (Phi) is 5.92. The van der Waals surface area contributed by atoms with Gasteiger partial charge in [0.1, 0.15) is 0 Å². The Labute approximate surface area is 184 Å². The van der Waals surface area contributed by atoms with Gasteiger partial charge in [0.05, 0.1) is 10.6 Å². The maximum Gasteiger partial charge on any atom is 0.264 e. The predicted octanol–water partition coefficient (Wildman–Crippen LogP) is 4.52. The molecule has 1 heterocycles. The van der Waals surface area contributed by atoms with Gasteiger partial charge in [0.2, 0.25) is 0 Å². The Balaban J connectivity index is 1.56. The lowest BCUT2D eigenvalue weighted by Crippen LogP contribution is -2.35. The number of anilines is 1. The molecule has 0 fully saturated rings. The normalized spacial score (nSPS) is 13.6. The largest absolute Gasteiger partial charge is 0.348 e. The Morgan fingerprint density at radius 3 is 2.47 bits per heavy atom. The van der Waals surface area contributed by atoms with E-state index in [1.54, 1.807) is 42.5 Å². The van der Waals surface area contributed by atoms with Crippen molar-refractivity contribution >= 4 is 37.5 Å². The third-order valence-electron chi connectivity index (χ3n) is 5.12. The number of benzene rings is 3.